The monoisotopic (exact) mass is 362 g/mol. The Morgan fingerprint density at radius 3 is 2.76 bits per heavy atom. The lowest BCUT2D eigenvalue weighted by Crippen LogP contribution is -2.47. The van der Waals surface area contributed by atoms with E-state index in [1.807, 2.05) is 30.3 Å². The Hall–Kier alpha value is -2.11. The van der Waals surface area contributed by atoms with Crippen molar-refractivity contribution in [3.63, 3.8) is 0 Å². The van der Waals surface area contributed by atoms with Crippen LogP contribution in [0, 0.1) is 5.82 Å². The van der Waals surface area contributed by atoms with Crippen molar-refractivity contribution in [2.24, 2.45) is 0 Å². The average Bonchev–Trinajstić information content (AvgIpc) is 2.62. The van der Waals surface area contributed by atoms with E-state index < -0.39 is 11.9 Å². The zero-order chi connectivity index (χ0) is 17.6. The molecule has 0 radical (unpaired) electrons. The summed E-state index contributed by atoms with van der Waals surface area (Å²) in [5.74, 6) is -0.416. The maximum absolute atomic E-state index is 13.2. The summed E-state index contributed by atoms with van der Waals surface area (Å²) in [4.78, 5) is 12.8. The zero-order valence-corrected chi connectivity index (χ0v) is 14.4. The predicted molar refractivity (Wildman–Crippen MR) is 95.3 cm³/mol. The van der Waals surface area contributed by atoms with Gasteiger partial charge < -0.3 is 15.4 Å². The third-order valence-electron chi connectivity index (χ3n) is 4.12. The molecule has 2 N–H and O–H groups in total. The van der Waals surface area contributed by atoms with Crippen LogP contribution in [0.4, 0.5) is 4.39 Å². The van der Waals surface area contributed by atoms with Crippen LogP contribution in [-0.4, -0.2) is 25.0 Å². The van der Waals surface area contributed by atoms with Crippen molar-refractivity contribution in [1.82, 2.24) is 10.6 Å². The van der Waals surface area contributed by atoms with Crippen molar-refractivity contribution < 1.29 is 13.9 Å². The van der Waals surface area contributed by atoms with Crippen LogP contribution >= 0.6 is 11.6 Å². The number of ether oxygens (including phenoxy) is 1. The minimum absolute atomic E-state index is 0.0692. The molecule has 2 unspecified atom stereocenters. The molecule has 2 atom stereocenters. The largest absolute Gasteiger partial charge is 0.474 e. The molecule has 2 aromatic carbocycles. The van der Waals surface area contributed by atoms with Gasteiger partial charge in [-0.05, 0) is 37.6 Å². The Morgan fingerprint density at radius 2 is 2.08 bits per heavy atom. The molecule has 0 aromatic heterocycles. The van der Waals surface area contributed by atoms with Crippen LogP contribution in [0.3, 0.4) is 0 Å². The van der Waals surface area contributed by atoms with Crippen LogP contribution in [-0.2, 0) is 4.79 Å². The first kappa shape index (κ1) is 17.7. The molecule has 4 nitrogen and oxygen atoms in total. The van der Waals surface area contributed by atoms with E-state index >= 15 is 0 Å². The number of halogens is 2. The van der Waals surface area contributed by atoms with Crippen molar-refractivity contribution in [3.8, 4) is 5.75 Å². The minimum atomic E-state index is -0.855. The molecule has 6 heteroatoms. The number of hydrogen-bond acceptors (Lipinski definition) is 3. The van der Waals surface area contributed by atoms with Gasteiger partial charge in [-0.1, -0.05) is 41.9 Å². The molecular weight excluding hydrogens is 343 g/mol. The van der Waals surface area contributed by atoms with E-state index in [0.29, 0.717) is 5.56 Å². The summed E-state index contributed by atoms with van der Waals surface area (Å²) in [6, 6.07) is 13.1. The van der Waals surface area contributed by atoms with Gasteiger partial charge in [0.05, 0.1) is 5.02 Å². The average molecular weight is 363 g/mol. The summed E-state index contributed by atoms with van der Waals surface area (Å²) < 4.78 is 19.1. The number of benzene rings is 2. The van der Waals surface area contributed by atoms with Gasteiger partial charge in [-0.2, -0.15) is 0 Å². The molecular formula is C19H20ClFN2O2. The van der Waals surface area contributed by atoms with Crippen molar-refractivity contribution >= 4 is 17.5 Å². The molecule has 1 fully saturated rings. The van der Waals surface area contributed by atoms with Crippen molar-refractivity contribution in [2.45, 2.75) is 25.0 Å². The summed E-state index contributed by atoms with van der Waals surface area (Å²) in [5.41, 5.74) is 0.712. The number of amides is 1. The van der Waals surface area contributed by atoms with Crippen LogP contribution in [0.5, 0.6) is 5.75 Å². The third kappa shape index (κ3) is 4.71. The molecule has 3 rings (SSSR count). The number of piperidine rings is 1. The molecule has 0 saturated carbocycles. The standard InChI is InChI=1S/C19H20ClFN2O2/c20-16-11-14(21)8-9-17(16)25-18(13-5-2-1-3-6-13)19(24)23-15-7-4-10-22-12-15/h1-3,5-6,8-9,11,15,18,22H,4,7,10,12H2,(H,23,24). The highest BCUT2D eigenvalue weighted by atomic mass is 35.5. The van der Waals surface area contributed by atoms with E-state index in [9.17, 15) is 9.18 Å². The van der Waals surface area contributed by atoms with Gasteiger partial charge in [0.15, 0.2) is 0 Å². The lowest BCUT2D eigenvalue weighted by atomic mass is 10.1. The molecule has 25 heavy (non-hydrogen) atoms. The lowest BCUT2D eigenvalue weighted by molar-refractivity contribution is -0.129. The van der Waals surface area contributed by atoms with Crippen LogP contribution in [0.1, 0.15) is 24.5 Å². The van der Waals surface area contributed by atoms with Gasteiger partial charge in [-0.3, -0.25) is 4.79 Å². The summed E-state index contributed by atoms with van der Waals surface area (Å²) in [7, 11) is 0. The Balaban J connectivity index is 1.80. The first-order valence-electron chi connectivity index (χ1n) is 8.31. The summed E-state index contributed by atoms with van der Waals surface area (Å²) in [6.45, 7) is 1.71. The Labute approximate surface area is 151 Å². The molecule has 0 bridgehead atoms. The fourth-order valence-corrected chi connectivity index (χ4v) is 3.06. The van der Waals surface area contributed by atoms with Crippen LogP contribution in [0.2, 0.25) is 5.02 Å². The molecule has 0 aliphatic carbocycles. The molecule has 2 aromatic rings. The van der Waals surface area contributed by atoms with Crippen LogP contribution in [0.15, 0.2) is 48.5 Å². The number of carbonyl (C=O) groups excluding carboxylic acids is 1. The van der Waals surface area contributed by atoms with Gasteiger partial charge in [0.25, 0.3) is 5.91 Å². The van der Waals surface area contributed by atoms with Gasteiger partial charge >= 0.3 is 0 Å². The molecule has 1 saturated heterocycles. The Kier molecular flexibility index (Phi) is 5.89. The highest BCUT2D eigenvalue weighted by Gasteiger charge is 2.26. The Morgan fingerprint density at radius 1 is 1.28 bits per heavy atom. The van der Waals surface area contributed by atoms with E-state index in [1.165, 1.54) is 18.2 Å². The van der Waals surface area contributed by atoms with Gasteiger partial charge in [0.2, 0.25) is 6.10 Å². The second-order valence-corrected chi connectivity index (χ2v) is 6.44. The number of carbonyl (C=O) groups is 1. The quantitative estimate of drug-likeness (QED) is 0.856. The Bertz CT molecular complexity index is 721. The highest BCUT2D eigenvalue weighted by molar-refractivity contribution is 6.32. The zero-order valence-electron chi connectivity index (χ0n) is 13.7. The van der Waals surface area contributed by atoms with Gasteiger partial charge in [-0.15, -0.1) is 0 Å². The maximum atomic E-state index is 13.2. The molecule has 1 amide bonds. The third-order valence-corrected chi connectivity index (χ3v) is 4.42. The first-order chi connectivity index (χ1) is 12.1. The number of rotatable bonds is 5. The topological polar surface area (TPSA) is 50.4 Å². The molecule has 1 aliphatic heterocycles. The van der Waals surface area contributed by atoms with E-state index in [1.54, 1.807) is 0 Å². The maximum Gasteiger partial charge on any atom is 0.266 e. The smallest absolute Gasteiger partial charge is 0.266 e. The van der Waals surface area contributed by atoms with E-state index in [4.69, 9.17) is 16.3 Å². The van der Waals surface area contributed by atoms with Gasteiger partial charge in [0.1, 0.15) is 11.6 Å². The van der Waals surface area contributed by atoms with E-state index in [-0.39, 0.29) is 22.7 Å². The SMILES string of the molecule is O=C(NC1CCCNC1)C(Oc1ccc(F)cc1Cl)c1ccccc1. The second-order valence-electron chi connectivity index (χ2n) is 6.04. The predicted octanol–water partition coefficient (Wildman–Crippen LogP) is 3.47. The molecule has 132 valence electrons. The summed E-state index contributed by atoms with van der Waals surface area (Å²) in [6.07, 6.45) is 1.09. The van der Waals surface area contributed by atoms with Crippen molar-refractivity contribution in [1.29, 1.82) is 0 Å². The highest BCUT2D eigenvalue weighted by Crippen LogP contribution is 2.30. The molecule has 1 heterocycles. The fourth-order valence-electron chi connectivity index (χ4n) is 2.85. The fraction of sp³-hybridized carbons (Fsp3) is 0.316. The number of nitrogens with one attached hydrogen (secondary N) is 2. The normalized spacial score (nSPS) is 18.4. The first-order valence-corrected chi connectivity index (χ1v) is 8.69. The van der Waals surface area contributed by atoms with Gasteiger partial charge in [0, 0.05) is 18.2 Å². The second kappa shape index (κ2) is 8.32. The van der Waals surface area contributed by atoms with E-state index in [2.05, 4.69) is 10.6 Å². The molecule has 1 aliphatic rings. The molecule has 0 spiro atoms. The minimum Gasteiger partial charge on any atom is -0.474 e. The number of hydrogen-bond donors (Lipinski definition) is 2. The van der Waals surface area contributed by atoms with Crippen LogP contribution in [0.25, 0.3) is 0 Å². The van der Waals surface area contributed by atoms with Crippen molar-refractivity contribution in [3.05, 3.63) is 64.9 Å². The van der Waals surface area contributed by atoms with E-state index in [0.717, 1.165) is 25.9 Å². The summed E-state index contributed by atoms with van der Waals surface area (Å²) in [5, 5.41) is 6.42. The van der Waals surface area contributed by atoms with Crippen LogP contribution < -0.4 is 15.4 Å². The van der Waals surface area contributed by atoms with Gasteiger partial charge in [-0.25, -0.2) is 4.39 Å². The lowest BCUT2D eigenvalue weighted by Gasteiger charge is -2.27. The van der Waals surface area contributed by atoms with Crippen molar-refractivity contribution in [2.75, 3.05) is 13.1 Å². The summed E-state index contributed by atoms with van der Waals surface area (Å²) >= 11 is 6.05.